The highest BCUT2D eigenvalue weighted by Gasteiger charge is 2.32. The minimum Gasteiger partial charge on any atom is -0.494 e. The molecule has 2 heterocycles. The van der Waals surface area contributed by atoms with Gasteiger partial charge >= 0.3 is 0 Å². The van der Waals surface area contributed by atoms with Crippen LogP contribution < -0.4 is 4.74 Å². The van der Waals surface area contributed by atoms with E-state index in [0.29, 0.717) is 29.0 Å². The summed E-state index contributed by atoms with van der Waals surface area (Å²) in [6, 6.07) is 17.7. The molecule has 0 bridgehead atoms. The number of aromatic nitrogens is 2. The maximum atomic E-state index is 13.0. The van der Waals surface area contributed by atoms with E-state index in [0.717, 1.165) is 34.7 Å². The molecule has 1 fully saturated rings. The number of methoxy groups -OCH3 is 1. The molecule has 0 radical (unpaired) electrons. The van der Waals surface area contributed by atoms with Crippen molar-refractivity contribution in [2.45, 2.75) is 13.3 Å². The maximum absolute atomic E-state index is 13.0. The van der Waals surface area contributed by atoms with Gasteiger partial charge in [0.1, 0.15) is 10.1 Å². The third kappa shape index (κ3) is 5.35. The van der Waals surface area contributed by atoms with Crippen LogP contribution in [0.25, 0.3) is 23.0 Å². The summed E-state index contributed by atoms with van der Waals surface area (Å²) >= 11 is 6.78. The zero-order valence-electron chi connectivity index (χ0n) is 18.6. The number of amides is 1. The molecule has 6 nitrogen and oxygen atoms in total. The smallest absolute Gasteiger partial charge is 0.266 e. The first-order valence-corrected chi connectivity index (χ1v) is 12.0. The van der Waals surface area contributed by atoms with Crippen molar-refractivity contribution in [1.29, 1.82) is 0 Å². The second-order valence-corrected chi connectivity index (χ2v) is 9.03. The number of benzene rings is 2. The van der Waals surface area contributed by atoms with Crippen LogP contribution in [0.5, 0.6) is 5.75 Å². The van der Waals surface area contributed by atoms with Crippen molar-refractivity contribution in [1.82, 2.24) is 14.7 Å². The molecule has 2 aromatic carbocycles. The van der Waals surface area contributed by atoms with Gasteiger partial charge in [-0.1, -0.05) is 42.2 Å². The van der Waals surface area contributed by atoms with Gasteiger partial charge in [-0.2, -0.15) is 5.10 Å². The molecule has 1 amide bonds. The average molecular weight is 480 g/mol. The topological polar surface area (TPSA) is 56.6 Å². The molecule has 4 rings (SSSR count). The molecule has 0 unspecified atom stereocenters. The highest BCUT2D eigenvalue weighted by Crippen LogP contribution is 2.35. The van der Waals surface area contributed by atoms with Crippen LogP contribution in [0.4, 0.5) is 0 Å². The summed E-state index contributed by atoms with van der Waals surface area (Å²) in [5, 5.41) is 4.84. The molecule has 1 aliphatic heterocycles. The Balaban J connectivity index is 1.70. The Morgan fingerprint density at radius 2 is 1.88 bits per heavy atom. The molecule has 3 aromatic rings. The predicted octanol–water partition coefficient (Wildman–Crippen LogP) is 5.18. The van der Waals surface area contributed by atoms with E-state index in [4.69, 9.17) is 26.8 Å². The molecular formula is C25H25N3O3S2. The highest BCUT2D eigenvalue weighted by atomic mass is 32.2. The lowest BCUT2D eigenvalue weighted by Gasteiger charge is -2.13. The van der Waals surface area contributed by atoms with Crippen LogP contribution in [0.3, 0.4) is 0 Å². The third-order valence-corrected chi connectivity index (χ3v) is 6.47. The van der Waals surface area contributed by atoms with Gasteiger partial charge in [0.25, 0.3) is 5.91 Å². The van der Waals surface area contributed by atoms with Crippen LogP contribution >= 0.6 is 24.0 Å². The Morgan fingerprint density at radius 1 is 1.12 bits per heavy atom. The van der Waals surface area contributed by atoms with Gasteiger partial charge in [-0.25, -0.2) is 4.68 Å². The molecule has 1 aromatic heterocycles. The van der Waals surface area contributed by atoms with Crippen molar-refractivity contribution >= 4 is 40.3 Å². The van der Waals surface area contributed by atoms with Crippen LogP contribution in [-0.4, -0.2) is 51.8 Å². The van der Waals surface area contributed by atoms with Gasteiger partial charge in [-0.3, -0.25) is 9.69 Å². The average Bonchev–Trinajstić information content (AvgIpc) is 3.37. The summed E-state index contributed by atoms with van der Waals surface area (Å²) < 4.78 is 13.1. The summed E-state index contributed by atoms with van der Waals surface area (Å²) in [6.07, 6.45) is 4.56. The summed E-state index contributed by atoms with van der Waals surface area (Å²) in [4.78, 5) is 15.3. The van der Waals surface area contributed by atoms with Crippen molar-refractivity contribution in [3.63, 3.8) is 0 Å². The Morgan fingerprint density at radius 3 is 2.58 bits per heavy atom. The van der Waals surface area contributed by atoms with E-state index in [2.05, 4.69) is 0 Å². The Bertz CT molecular complexity index is 1160. The summed E-state index contributed by atoms with van der Waals surface area (Å²) in [5.74, 6) is 0.730. The molecule has 0 N–H and O–H groups in total. The van der Waals surface area contributed by atoms with Crippen LogP contribution in [0.2, 0.25) is 0 Å². The molecule has 1 saturated heterocycles. The number of para-hydroxylation sites is 1. The molecule has 0 aliphatic carbocycles. The van der Waals surface area contributed by atoms with E-state index in [-0.39, 0.29) is 5.91 Å². The zero-order chi connectivity index (χ0) is 23.2. The van der Waals surface area contributed by atoms with E-state index in [1.165, 1.54) is 11.8 Å². The molecule has 0 saturated carbocycles. The highest BCUT2D eigenvalue weighted by molar-refractivity contribution is 8.26. The molecule has 33 heavy (non-hydrogen) atoms. The van der Waals surface area contributed by atoms with Gasteiger partial charge in [0.15, 0.2) is 0 Å². The standard InChI is InChI=1S/C25H25N3O3S2/c1-3-31-21-12-10-18(11-13-21)23-19(17-28(26-23)20-8-5-4-6-9-20)16-22-24(29)27(25(32)33-22)14-7-15-30-2/h4-6,8-13,16-17H,3,7,14-15H2,1-2H3/b22-16+. The largest absolute Gasteiger partial charge is 0.494 e. The molecule has 8 heteroatoms. The third-order valence-electron chi connectivity index (χ3n) is 5.09. The zero-order valence-corrected chi connectivity index (χ0v) is 20.2. The van der Waals surface area contributed by atoms with Gasteiger partial charge in [0.2, 0.25) is 0 Å². The van der Waals surface area contributed by atoms with Gasteiger partial charge < -0.3 is 9.47 Å². The van der Waals surface area contributed by atoms with E-state index >= 15 is 0 Å². The Hall–Kier alpha value is -2.94. The Kier molecular flexibility index (Phi) is 7.59. The molecule has 0 spiro atoms. The van der Waals surface area contributed by atoms with Crippen molar-refractivity contribution < 1.29 is 14.3 Å². The quantitative estimate of drug-likeness (QED) is 0.240. The monoisotopic (exact) mass is 479 g/mol. The van der Waals surface area contributed by atoms with E-state index in [1.807, 2.05) is 78.5 Å². The van der Waals surface area contributed by atoms with Gasteiger partial charge in [0.05, 0.1) is 22.9 Å². The van der Waals surface area contributed by atoms with Crippen LogP contribution in [0.15, 0.2) is 65.7 Å². The fourth-order valence-electron chi connectivity index (χ4n) is 3.51. The maximum Gasteiger partial charge on any atom is 0.266 e. The van der Waals surface area contributed by atoms with Crippen LogP contribution in [0, 0.1) is 0 Å². The minimum absolute atomic E-state index is 0.0776. The first kappa shape index (κ1) is 23.2. The normalized spacial score (nSPS) is 15.0. The fourth-order valence-corrected chi connectivity index (χ4v) is 4.81. The molecule has 0 atom stereocenters. The second-order valence-electron chi connectivity index (χ2n) is 7.35. The minimum atomic E-state index is -0.0776. The second kappa shape index (κ2) is 10.8. The lowest BCUT2D eigenvalue weighted by Crippen LogP contribution is -2.29. The SMILES string of the molecule is CCOc1ccc(-c2nn(-c3ccccc3)cc2/C=C2/SC(=S)N(CCCOC)C2=O)cc1. The first-order chi connectivity index (χ1) is 16.1. The number of rotatable bonds is 9. The van der Waals surface area contributed by atoms with Crippen molar-refractivity contribution in [2.24, 2.45) is 0 Å². The lowest BCUT2D eigenvalue weighted by atomic mass is 10.1. The predicted molar refractivity (Wildman–Crippen MR) is 137 cm³/mol. The number of nitrogens with zero attached hydrogens (tertiary/aromatic N) is 3. The first-order valence-electron chi connectivity index (χ1n) is 10.7. The number of carbonyl (C=O) groups is 1. The van der Waals surface area contributed by atoms with Gasteiger partial charge in [-0.15, -0.1) is 0 Å². The molecular weight excluding hydrogens is 454 g/mol. The Labute approximate surface area is 203 Å². The fraction of sp³-hybridized carbons (Fsp3) is 0.240. The summed E-state index contributed by atoms with van der Waals surface area (Å²) in [5.41, 5.74) is 3.51. The number of thioether (sulfide) groups is 1. The van der Waals surface area contributed by atoms with Gasteiger partial charge in [0, 0.05) is 37.6 Å². The summed E-state index contributed by atoms with van der Waals surface area (Å²) in [6.45, 7) is 3.70. The van der Waals surface area contributed by atoms with E-state index in [9.17, 15) is 4.79 Å². The van der Waals surface area contributed by atoms with E-state index in [1.54, 1.807) is 12.0 Å². The number of hydrogen-bond donors (Lipinski definition) is 0. The number of carbonyl (C=O) groups excluding carboxylic acids is 1. The van der Waals surface area contributed by atoms with Crippen LogP contribution in [0.1, 0.15) is 18.9 Å². The lowest BCUT2D eigenvalue weighted by molar-refractivity contribution is -0.122. The number of ether oxygens (including phenoxy) is 2. The molecule has 170 valence electrons. The molecule has 1 aliphatic rings. The van der Waals surface area contributed by atoms with E-state index < -0.39 is 0 Å². The van der Waals surface area contributed by atoms with Crippen molar-refractivity contribution in [3.8, 4) is 22.7 Å². The van der Waals surface area contributed by atoms with Crippen LogP contribution in [-0.2, 0) is 9.53 Å². The summed E-state index contributed by atoms with van der Waals surface area (Å²) in [7, 11) is 1.65. The number of hydrogen-bond acceptors (Lipinski definition) is 6. The van der Waals surface area contributed by atoms with Crippen molar-refractivity contribution in [3.05, 3.63) is 71.3 Å². The van der Waals surface area contributed by atoms with Gasteiger partial charge in [-0.05, 0) is 55.8 Å². The van der Waals surface area contributed by atoms with Crippen molar-refractivity contribution in [2.75, 3.05) is 26.9 Å². The number of thiocarbonyl (C=S) groups is 1.